The van der Waals surface area contributed by atoms with Crippen molar-refractivity contribution in [1.82, 2.24) is 9.62 Å². The van der Waals surface area contributed by atoms with Crippen molar-refractivity contribution in [3.8, 4) is 0 Å². The molecule has 26 heavy (non-hydrogen) atoms. The van der Waals surface area contributed by atoms with Crippen molar-refractivity contribution in [3.05, 3.63) is 35.6 Å². The van der Waals surface area contributed by atoms with E-state index in [9.17, 15) is 17.9 Å². The Balaban J connectivity index is 0.00000243. The minimum atomic E-state index is -3.08. The first-order valence-electron chi connectivity index (χ1n) is 8.97. The summed E-state index contributed by atoms with van der Waals surface area (Å²) in [7, 11) is -3.08. The summed E-state index contributed by atoms with van der Waals surface area (Å²) in [6, 6.07) is 6.43. The van der Waals surface area contributed by atoms with Gasteiger partial charge in [0.25, 0.3) is 0 Å². The van der Waals surface area contributed by atoms with Gasteiger partial charge in [0, 0.05) is 25.2 Å². The fourth-order valence-corrected chi connectivity index (χ4v) is 4.96. The molecule has 2 aliphatic heterocycles. The number of hydrogen-bond donors (Lipinski definition) is 2. The third-order valence-corrected chi connectivity index (χ3v) is 6.81. The van der Waals surface area contributed by atoms with Gasteiger partial charge in [0.05, 0.1) is 12.4 Å². The van der Waals surface area contributed by atoms with Gasteiger partial charge in [-0.15, -0.1) is 12.4 Å². The Kier molecular flexibility index (Phi) is 7.44. The van der Waals surface area contributed by atoms with Crippen molar-refractivity contribution in [3.63, 3.8) is 0 Å². The lowest BCUT2D eigenvalue weighted by Crippen LogP contribution is -2.40. The Hall–Kier alpha value is -0.730. The highest BCUT2D eigenvalue weighted by molar-refractivity contribution is 7.88. The molecule has 0 saturated carbocycles. The molecular weight excluding hydrogens is 379 g/mol. The van der Waals surface area contributed by atoms with E-state index in [1.54, 1.807) is 16.4 Å². The zero-order valence-corrected chi connectivity index (χ0v) is 16.6. The van der Waals surface area contributed by atoms with E-state index in [2.05, 4.69) is 5.32 Å². The Morgan fingerprint density at radius 1 is 1.27 bits per heavy atom. The molecule has 0 radical (unpaired) electrons. The number of piperidine rings is 1. The molecule has 2 saturated heterocycles. The van der Waals surface area contributed by atoms with Crippen LogP contribution in [0.2, 0.25) is 0 Å². The lowest BCUT2D eigenvalue weighted by atomic mass is 9.90. The molecule has 8 heteroatoms. The van der Waals surface area contributed by atoms with Gasteiger partial charge >= 0.3 is 0 Å². The highest BCUT2D eigenvalue weighted by Gasteiger charge is 2.33. The second kappa shape index (κ2) is 8.97. The van der Waals surface area contributed by atoms with Crippen LogP contribution in [0.1, 0.15) is 43.8 Å². The standard InChI is InChI=1S/C18H27FN2O3S.ClH/c1-25(23,24)21-9-7-13(8-10-21)11-16-5-6-17(20-16)18(22)14-3-2-4-15(19)12-14;/h2-4,12-13,16-18,20,22H,5-11H2,1H3;1H/t16-,17+,18+;/m0./s1. The van der Waals surface area contributed by atoms with Gasteiger partial charge in [0.2, 0.25) is 10.0 Å². The number of benzene rings is 1. The first-order valence-corrected chi connectivity index (χ1v) is 10.8. The molecule has 5 nitrogen and oxygen atoms in total. The summed E-state index contributed by atoms with van der Waals surface area (Å²) in [5, 5.41) is 14.0. The van der Waals surface area contributed by atoms with Crippen LogP contribution in [-0.2, 0) is 10.0 Å². The summed E-state index contributed by atoms with van der Waals surface area (Å²) in [5.74, 6) is 0.185. The maximum absolute atomic E-state index is 13.3. The van der Waals surface area contributed by atoms with Gasteiger partial charge in [-0.1, -0.05) is 12.1 Å². The summed E-state index contributed by atoms with van der Waals surface area (Å²) in [4.78, 5) is 0. The van der Waals surface area contributed by atoms with Crippen LogP contribution in [0.5, 0.6) is 0 Å². The molecule has 0 bridgehead atoms. The minimum Gasteiger partial charge on any atom is -0.387 e. The van der Waals surface area contributed by atoms with Crippen LogP contribution < -0.4 is 5.32 Å². The summed E-state index contributed by atoms with van der Waals surface area (Å²) >= 11 is 0. The first-order chi connectivity index (χ1) is 11.8. The van der Waals surface area contributed by atoms with Gasteiger partial charge in [0.1, 0.15) is 5.82 Å². The van der Waals surface area contributed by atoms with Crippen molar-refractivity contribution < 1.29 is 17.9 Å². The smallest absolute Gasteiger partial charge is 0.211 e. The van der Waals surface area contributed by atoms with E-state index in [-0.39, 0.29) is 24.3 Å². The molecule has 2 aliphatic rings. The lowest BCUT2D eigenvalue weighted by Gasteiger charge is -2.31. The maximum atomic E-state index is 13.3. The first kappa shape index (κ1) is 21.6. The van der Waals surface area contributed by atoms with E-state index >= 15 is 0 Å². The number of aliphatic hydroxyl groups is 1. The molecule has 0 amide bonds. The topological polar surface area (TPSA) is 69.6 Å². The van der Waals surface area contributed by atoms with Crippen LogP contribution in [0.3, 0.4) is 0 Å². The van der Waals surface area contributed by atoms with E-state index in [0.29, 0.717) is 30.6 Å². The number of nitrogens with one attached hydrogen (secondary N) is 1. The number of nitrogens with zero attached hydrogens (tertiary/aromatic N) is 1. The molecule has 0 spiro atoms. The zero-order chi connectivity index (χ0) is 18.0. The van der Waals surface area contributed by atoms with Crippen LogP contribution >= 0.6 is 12.4 Å². The molecule has 1 aromatic rings. The van der Waals surface area contributed by atoms with E-state index < -0.39 is 16.1 Å². The lowest BCUT2D eigenvalue weighted by molar-refractivity contribution is 0.133. The predicted octanol–water partition coefficient (Wildman–Crippen LogP) is 2.46. The normalized spacial score (nSPS) is 26.4. The average molecular weight is 407 g/mol. The molecule has 2 fully saturated rings. The highest BCUT2D eigenvalue weighted by Crippen LogP contribution is 2.31. The molecule has 3 atom stereocenters. The second-order valence-corrected chi connectivity index (χ2v) is 9.37. The summed E-state index contributed by atoms with van der Waals surface area (Å²) < 4.78 is 38.0. The number of aliphatic hydroxyl groups excluding tert-OH is 1. The van der Waals surface area contributed by atoms with E-state index in [1.807, 2.05) is 0 Å². The largest absolute Gasteiger partial charge is 0.387 e. The van der Waals surface area contributed by atoms with Crippen LogP contribution in [0.15, 0.2) is 24.3 Å². The number of halogens is 2. The molecule has 0 unspecified atom stereocenters. The number of sulfonamides is 1. The van der Waals surface area contributed by atoms with Gasteiger partial charge in [-0.2, -0.15) is 0 Å². The Labute approximate surface area is 161 Å². The molecule has 2 heterocycles. The van der Waals surface area contributed by atoms with E-state index in [0.717, 1.165) is 32.1 Å². The third-order valence-electron chi connectivity index (χ3n) is 5.51. The summed E-state index contributed by atoms with van der Waals surface area (Å²) in [5.41, 5.74) is 0.611. The maximum Gasteiger partial charge on any atom is 0.211 e. The molecule has 0 aliphatic carbocycles. The van der Waals surface area contributed by atoms with Crippen molar-refractivity contribution in [1.29, 1.82) is 0 Å². The fraction of sp³-hybridized carbons (Fsp3) is 0.667. The molecule has 0 aromatic heterocycles. The van der Waals surface area contributed by atoms with Crippen LogP contribution in [0.4, 0.5) is 4.39 Å². The molecule has 1 aromatic carbocycles. The van der Waals surface area contributed by atoms with Gasteiger partial charge < -0.3 is 10.4 Å². The van der Waals surface area contributed by atoms with Crippen LogP contribution in [-0.4, -0.2) is 49.3 Å². The quantitative estimate of drug-likeness (QED) is 0.788. The van der Waals surface area contributed by atoms with Gasteiger partial charge in [-0.3, -0.25) is 0 Å². The Morgan fingerprint density at radius 2 is 1.96 bits per heavy atom. The SMILES string of the molecule is CS(=O)(=O)N1CCC(C[C@@H]2CC[C@H]([C@H](O)c3cccc(F)c3)N2)CC1.Cl. The van der Waals surface area contributed by atoms with Crippen LogP contribution in [0, 0.1) is 11.7 Å². The molecular formula is C18H28ClFN2O3S. The monoisotopic (exact) mass is 406 g/mol. The Bertz CT molecular complexity index is 695. The third kappa shape index (κ3) is 5.39. The van der Waals surface area contributed by atoms with Crippen molar-refractivity contribution >= 4 is 22.4 Å². The van der Waals surface area contributed by atoms with Crippen molar-refractivity contribution in [2.75, 3.05) is 19.3 Å². The average Bonchev–Trinajstić information content (AvgIpc) is 3.02. The van der Waals surface area contributed by atoms with Gasteiger partial charge in [-0.05, 0) is 55.7 Å². The number of rotatable bonds is 5. The van der Waals surface area contributed by atoms with Gasteiger partial charge in [-0.25, -0.2) is 17.1 Å². The highest BCUT2D eigenvalue weighted by atomic mass is 35.5. The second-order valence-electron chi connectivity index (χ2n) is 7.39. The fourth-order valence-electron chi connectivity index (χ4n) is 4.09. The summed E-state index contributed by atoms with van der Waals surface area (Å²) in [6.07, 6.45) is 5.21. The van der Waals surface area contributed by atoms with E-state index in [4.69, 9.17) is 0 Å². The van der Waals surface area contributed by atoms with Crippen molar-refractivity contribution in [2.45, 2.75) is 50.3 Å². The molecule has 2 N–H and O–H groups in total. The minimum absolute atomic E-state index is 0. The summed E-state index contributed by atoms with van der Waals surface area (Å²) in [6.45, 7) is 1.21. The Morgan fingerprint density at radius 3 is 2.58 bits per heavy atom. The van der Waals surface area contributed by atoms with E-state index in [1.165, 1.54) is 18.4 Å². The predicted molar refractivity (Wildman–Crippen MR) is 102 cm³/mol. The zero-order valence-electron chi connectivity index (χ0n) is 15.0. The van der Waals surface area contributed by atoms with Crippen LogP contribution in [0.25, 0.3) is 0 Å². The molecule has 148 valence electrons. The molecule has 3 rings (SSSR count). The van der Waals surface area contributed by atoms with Gasteiger partial charge in [0.15, 0.2) is 0 Å². The van der Waals surface area contributed by atoms with Crippen molar-refractivity contribution in [2.24, 2.45) is 5.92 Å². The number of hydrogen-bond acceptors (Lipinski definition) is 4.